The second kappa shape index (κ2) is 6.43. The van der Waals surface area contributed by atoms with Crippen LogP contribution in [0.2, 0.25) is 5.02 Å². The molecule has 24 heavy (non-hydrogen) atoms. The number of nitrogens with zero attached hydrogens (tertiary/aromatic N) is 2. The third kappa shape index (κ3) is 3.10. The van der Waals surface area contributed by atoms with E-state index in [2.05, 4.69) is 9.97 Å². The Morgan fingerprint density at radius 1 is 1.25 bits per heavy atom. The molecule has 0 amide bonds. The Morgan fingerprint density at radius 3 is 2.71 bits per heavy atom. The normalized spacial score (nSPS) is 12.0. The molecular weight excluding hydrogens is 350 g/mol. The Bertz CT molecular complexity index is 952. The number of imidazole rings is 1. The highest BCUT2D eigenvalue weighted by Crippen LogP contribution is 2.28. The molecule has 0 saturated heterocycles. The van der Waals surface area contributed by atoms with Gasteiger partial charge < -0.3 is 9.72 Å². The average Bonchev–Trinajstić information content (AvgIpc) is 2.97. The van der Waals surface area contributed by atoms with Gasteiger partial charge in [0.05, 0.1) is 29.7 Å². The Kier molecular flexibility index (Phi) is 4.49. The van der Waals surface area contributed by atoms with Gasteiger partial charge in [-0.05, 0) is 24.3 Å². The Labute approximate surface area is 145 Å². The van der Waals surface area contributed by atoms with E-state index < -0.39 is 10.0 Å². The SMILES string of the molecule is COc1ccc(Cl)c(S(=O)(=O)N(C)Cc2nc3ccccc3[nH]2)c1. The fourth-order valence-corrected chi connectivity index (χ4v) is 3.97. The molecule has 0 saturated carbocycles. The van der Waals surface area contributed by atoms with Crippen LogP contribution in [0.25, 0.3) is 11.0 Å². The standard InChI is InChI=1S/C16H16ClN3O3S/c1-20(10-16-18-13-5-3-4-6-14(13)19-16)24(21,22)15-9-11(23-2)7-8-12(15)17/h3-9H,10H2,1-2H3,(H,18,19). The van der Waals surface area contributed by atoms with Gasteiger partial charge in [-0.1, -0.05) is 23.7 Å². The second-order valence-electron chi connectivity index (χ2n) is 5.26. The van der Waals surface area contributed by atoms with Crippen LogP contribution in [0.4, 0.5) is 0 Å². The van der Waals surface area contributed by atoms with Gasteiger partial charge in [-0.3, -0.25) is 0 Å². The van der Waals surface area contributed by atoms with Gasteiger partial charge in [-0.25, -0.2) is 13.4 Å². The molecule has 0 aliphatic heterocycles. The quantitative estimate of drug-likeness (QED) is 0.754. The zero-order chi connectivity index (χ0) is 17.3. The fourth-order valence-electron chi connectivity index (χ4n) is 2.35. The summed E-state index contributed by atoms with van der Waals surface area (Å²) in [5.41, 5.74) is 1.65. The first-order valence-corrected chi connectivity index (χ1v) is 8.97. The van der Waals surface area contributed by atoms with E-state index in [1.165, 1.54) is 30.6 Å². The molecule has 6 nitrogen and oxygen atoms in total. The van der Waals surface area contributed by atoms with E-state index in [1.807, 2.05) is 24.3 Å². The number of halogens is 1. The number of benzene rings is 2. The molecule has 2 aromatic carbocycles. The summed E-state index contributed by atoms with van der Waals surface area (Å²) in [6.07, 6.45) is 0. The molecule has 3 rings (SSSR count). The Hall–Kier alpha value is -2.09. The van der Waals surface area contributed by atoms with Crippen molar-refractivity contribution in [3.05, 3.63) is 53.3 Å². The molecule has 1 heterocycles. The van der Waals surface area contributed by atoms with Crippen molar-refractivity contribution in [3.8, 4) is 5.75 Å². The molecule has 0 fully saturated rings. The number of rotatable bonds is 5. The minimum absolute atomic E-state index is 0.00197. The van der Waals surface area contributed by atoms with Gasteiger partial charge in [-0.15, -0.1) is 0 Å². The van der Waals surface area contributed by atoms with Gasteiger partial charge in [-0.2, -0.15) is 4.31 Å². The van der Waals surface area contributed by atoms with E-state index in [4.69, 9.17) is 16.3 Å². The van der Waals surface area contributed by atoms with Crippen LogP contribution < -0.4 is 4.74 Å². The van der Waals surface area contributed by atoms with Crippen molar-refractivity contribution in [3.63, 3.8) is 0 Å². The molecule has 0 radical (unpaired) electrons. The highest BCUT2D eigenvalue weighted by molar-refractivity contribution is 7.89. The number of aromatic nitrogens is 2. The zero-order valence-electron chi connectivity index (χ0n) is 13.2. The first-order chi connectivity index (χ1) is 11.4. The topological polar surface area (TPSA) is 75.3 Å². The third-order valence-corrected chi connectivity index (χ3v) is 5.92. The maximum absolute atomic E-state index is 12.8. The largest absolute Gasteiger partial charge is 0.497 e. The molecule has 0 atom stereocenters. The Balaban J connectivity index is 1.91. The van der Waals surface area contributed by atoms with Crippen LogP contribution in [-0.2, 0) is 16.6 Å². The van der Waals surface area contributed by atoms with Crippen molar-refractivity contribution in [2.45, 2.75) is 11.4 Å². The van der Waals surface area contributed by atoms with Gasteiger partial charge in [0.25, 0.3) is 0 Å². The second-order valence-corrected chi connectivity index (χ2v) is 7.68. The number of sulfonamides is 1. The summed E-state index contributed by atoms with van der Waals surface area (Å²) in [4.78, 5) is 7.51. The number of H-pyrrole nitrogens is 1. The van der Waals surface area contributed by atoms with Crippen LogP contribution >= 0.6 is 11.6 Å². The Morgan fingerprint density at radius 2 is 2.00 bits per heavy atom. The highest BCUT2D eigenvalue weighted by atomic mass is 35.5. The molecule has 0 aliphatic rings. The summed E-state index contributed by atoms with van der Waals surface area (Å²) < 4.78 is 31.9. The molecular formula is C16H16ClN3O3S. The molecule has 1 aromatic heterocycles. The lowest BCUT2D eigenvalue weighted by molar-refractivity contribution is 0.412. The molecule has 0 unspecified atom stereocenters. The maximum atomic E-state index is 12.8. The van der Waals surface area contributed by atoms with Gasteiger partial charge in [0.2, 0.25) is 10.0 Å². The minimum Gasteiger partial charge on any atom is -0.497 e. The van der Waals surface area contributed by atoms with Gasteiger partial charge in [0.1, 0.15) is 16.5 Å². The van der Waals surface area contributed by atoms with Crippen molar-refractivity contribution in [2.24, 2.45) is 0 Å². The highest BCUT2D eigenvalue weighted by Gasteiger charge is 2.25. The monoisotopic (exact) mass is 365 g/mol. The summed E-state index contributed by atoms with van der Waals surface area (Å²) in [5, 5.41) is 0.146. The third-order valence-electron chi connectivity index (χ3n) is 3.64. The smallest absolute Gasteiger partial charge is 0.244 e. The number of para-hydroxylation sites is 2. The predicted octanol–water partition coefficient (Wildman–Crippen LogP) is 3.05. The lowest BCUT2D eigenvalue weighted by atomic mass is 10.3. The van der Waals surface area contributed by atoms with Crippen molar-refractivity contribution in [1.82, 2.24) is 14.3 Å². The molecule has 8 heteroatoms. The number of nitrogens with one attached hydrogen (secondary N) is 1. The summed E-state index contributed by atoms with van der Waals surface area (Å²) in [6.45, 7) is 0.102. The van der Waals surface area contributed by atoms with Crippen molar-refractivity contribution >= 4 is 32.7 Å². The maximum Gasteiger partial charge on any atom is 0.244 e. The molecule has 0 aliphatic carbocycles. The van der Waals surface area contributed by atoms with Crippen LogP contribution in [0.1, 0.15) is 5.82 Å². The fraction of sp³-hybridized carbons (Fsp3) is 0.188. The van der Waals surface area contributed by atoms with Crippen molar-refractivity contribution < 1.29 is 13.2 Å². The van der Waals surface area contributed by atoms with Gasteiger partial charge >= 0.3 is 0 Å². The zero-order valence-corrected chi connectivity index (χ0v) is 14.7. The number of fused-ring (bicyclic) bond motifs is 1. The predicted molar refractivity (Wildman–Crippen MR) is 92.8 cm³/mol. The number of methoxy groups -OCH3 is 1. The lowest BCUT2D eigenvalue weighted by Gasteiger charge is -2.17. The molecule has 0 spiro atoms. The van der Waals surface area contributed by atoms with Crippen LogP contribution in [0.3, 0.4) is 0 Å². The van der Waals surface area contributed by atoms with E-state index in [-0.39, 0.29) is 16.5 Å². The van der Waals surface area contributed by atoms with Gasteiger partial charge in [0, 0.05) is 13.1 Å². The van der Waals surface area contributed by atoms with Crippen molar-refractivity contribution in [2.75, 3.05) is 14.2 Å². The molecule has 3 aromatic rings. The molecule has 0 bridgehead atoms. The average molecular weight is 366 g/mol. The molecule has 126 valence electrons. The lowest BCUT2D eigenvalue weighted by Crippen LogP contribution is -2.27. The molecule has 1 N–H and O–H groups in total. The van der Waals surface area contributed by atoms with Crippen LogP contribution in [0, 0.1) is 0 Å². The van der Waals surface area contributed by atoms with E-state index in [0.29, 0.717) is 11.6 Å². The minimum atomic E-state index is -3.78. The van der Waals surface area contributed by atoms with E-state index >= 15 is 0 Å². The van der Waals surface area contributed by atoms with Gasteiger partial charge in [0.15, 0.2) is 0 Å². The van der Waals surface area contributed by atoms with Crippen LogP contribution in [-0.4, -0.2) is 36.8 Å². The van der Waals surface area contributed by atoms with Crippen LogP contribution in [0.15, 0.2) is 47.4 Å². The van der Waals surface area contributed by atoms with Crippen LogP contribution in [0.5, 0.6) is 5.75 Å². The number of aromatic amines is 1. The first kappa shape index (κ1) is 16.8. The van der Waals surface area contributed by atoms with E-state index in [9.17, 15) is 8.42 Å². The van der Waals surface area contributed by atoms with E-state index in [1.54, 1.807) is 6.07 Å². The summed E-state index contributed by atoms with van der Waals surface area (Å²) in [6, 6.07) is 12.0. The van der Waals surface area contributed by atoms with E-state index in [0.717, 1.165) is 11.0 Å². The number of hydrogen-bond acceptors (Lipinski definition) is 4. The summed E-state index contributed by atoms with van der Waals surface area (Å²) >= 11 is 6.06. The first-order valence-electron chi connectivity index (χ1n) is 7.15. The summed E-state index contributed by atoms with van der Waals surface area (Å²) in [5.74, 6) is 0.983. The number of hydrogen-bond donors (Lipinski definition) is 1. The van der Waals surface area contributed by atoms with Crippen molar-refractivity contribution in [1.29, 1.82) is 0 Å². The summed E-state index contributed by atoms with van der Waals surface area (Å²) in [7, 11) is -0.822. The number of ether oxygens (including phenoxy) is 1.